The second-order valence-corrected chi connectivity index (χ2v) is 4.03. The Bertz CT molecular complexity index is 163. The van der Waals surface area contributed by atoms with E-state index in [9.17, 15) is 5.11 Å². The Morgan fingerprint density at radius 3 is 2.50 bits per heavy atom. The first kappa shape index (κ1) is 9.96. The molecule has 0 aliphatic carbocycles. The number of hydrogen-bond donors (Lipinski definition) is 1. The summed E-state index contributed by atoms with van der Waals surface area (Å²) in [6, 6.07) is 0. The molecule has 3 heteroatoms. The van der Waals surface area contributed by atoms with Crippen LogP contribution < -0.4 is 0 Å². The van der Waals surface area contributed by atoms with Gasteiger partial charge in [-0.15, -0.1) is 0 Å². The minimum Gasteiger partial charge on any atom is -0.387 e. The van der Waals surface area contributed by atoms with Gasteiger partial charge in [-0.1, -0.05) is 6.92 Å². The maximum Gasteiger partial charge on any atom is 0.163 e. The van der Waals surface area contributed by atoms with Gasteiger partial charge in [0.25, 0.3) is 0 Å². The Kier molecular flexibility index (Phi) is 2.47. The van der Waals surface area contributed by atoms with Crippen LogP contribution in [0.15, 0.2) is 0 Å². The zero-order chi connectivity index (χ0) is 9.41. The van der Waals surface area contributed by atoms with Gasteiger partial charge < -0.3 is 14.6 Å². The minimum atomic E-state index is -0.770. The molecule has 0 saturated carbocycles. The van der Waals surface area contributed by atoms with Crippen LogP contribution in [0.1, 0.15) is 34.1 Å². The van der Waals surface area contributed by atoms with Crippen LogP contribution in [0.3, 0.4) is 0 Å². The molecule has 0 amide bonds. The number of ether oxygens (including phenoxy) is 2. The van der Waals surface area contributed by atoms with Gasteiger partial charge in [-0.2, -0.15) is 0 Å². The molecule has 1 aliphatic heterocycles. The summed E-state index contributed by atoms with van der Waals surface area (Å²) in [5.74, 6) is -0.538. The van der Waals surface area contributed by atoms with Gasteiger partial charge >= 0.3 is 0 Å². The molecule has 1 heterocycles. The summed E-state index contributed by atoms with van der Waals surface area (Å²) >= 11 is 0. The number of aliphatic hydroxyl groups is 1. The Morgan fingerprint density at radius 1 is 1.58 bits per heavy atom. The highest BCUT2D eigenvalue weighted by Crippen LogP contribution is 2.30. The molecule has 1 N–H and O–H groups in total. The maximum atomic E-state index is 9.85. The van der Waals surface area contributed by atoms with E-state index in [1.807, 2.05) is 20.8 Å². The molecule has 1 fully saturated rings. The second-order valence-electron chi connectivity index (χ2n) is 4.03. The van der Waals surface area contributed by atoms with E-state index in [4.69, 9.17) is 9.47 Å². The Balaban J connectivity index is 2.58. The third kappa shape index (κ3) is 1.97. The molecule has 0 spiro atoms. The standard InChI is InChI=1S/C9H18O3/c1-5-9(4,10)7-6-11-8(2,3)12-7/h7,10H,5-6H2,1-4H3/t7-,9-/m1/s1. The van der Waals surface area contributed by atoms with E-state index >= 15 is 0 Å². The molecule has 0 bridgehead atoms. The lowest BCUT2D eigenvalue weighted by atomic mass is 9.97. The average Bonchev–Trinajstić information content (AvgIpc) is 2.31. The first-order valence-electron chi connectivity index (χ1n) is 4.41. The third-order valence-corrected chi connectivity index (χ3v) is 2.42. The van der Waals surface area contributed by atoms with Crippen LogP contribution in [0.5, 0.6) is 0 Å². The van der Waals surface area contributed by atoms with Crippen LogP contribution in [0.2, 0.25) is 0 Å². The van der Waals surface area contributed by atoms with Crippen molar-refractivity contribution in [1.29, 1.82) is 0 Å². The van der Waals surface area contributed by atoms with Gasteiger partial charge in [0.15, 0.2) is 5.79 Å². The Morgan fingerprint density at radius 2 is 2.17 bits per heavy atom. The molecule has 3 nitrogen and oxygen atoms in total. The van der Waals surface area contributed by atoms with Gasteiger partial charge in [0.1, 0.15) is 6.10 Å². The highest BCUT2D eigenvalue weighted by Gasteiger charge is 2.42. The van der Waals surface area contributed by atoms with Crippen molar-refractivity contribution in [2.75, 3.05) is 6.61 Å². The van der Waals surface area contributed by atoms with E-state index in [2.05, 4.69) is 0 Å². The maximum absolute atomic E-state index is 9.85. The predicted molar refractivity (Wildman–Crippen MR) is 45.8 cm³/mol. The number of hydrogen-bond acceptors (Lipinski definition) is 3. The Hall–Kier alpha value is -0.120. The molecule has 1 aliphatic rings. The molecule has 0 unspecified atom stereocenters. The fourth-order valence-electron chi connectivity index (χ4n) is 1.22. The van der Waals surface area contributed by atoms with Crippen molar-refractivity contribution in [3.63, 3.8) is 0 Å². The molecule has 72 valence electrons. The molecule has 12 heavy (non-hydrogen) atoms. The van der Waals surface area contributed by atoms with Gasteiger partial charge in [-0.25, -0.2) is 0 Å². The first-order valence-corrected chi connectivity index (χ1v) is 4.41. The largest absolute Gasteiger partial charge is 0.387 e. The van der Waals surface area contributed by atoms with Gasteiger partial charge in [0.05, 0.1) is 12.2 Å². The number of rotatable bonds is 2. The van der Waals surface area contributed by atoms with Crippen LogP contribution in [-0.4, -0.2) is 29.2 Å². The van der Waals surface area contributed by atoms with Crippen molar-refractivity contribution in [2.45, 2.75) is 51.6 Å². The van der Waals surface area contributed by atoms with E-state index in [1.54, 1.807) is 6.92 Å². The van der Waals surface area contributed by atoms with E-state index in [-0.39, 0.29) is 6.10 Å². The van der Waals surface area contributed by atoms with Crippen LogP contribution in [0, 0.1) is 0 Å². The van der Waals surface area contributed by atoms with Crippen molar-refractivity contribution in [3.05, 3.63) is 0 Å². The summed E-state index contributed by atoms with van der Waals surface area (Å²) in [6.07, 6.45) is 0.481. The topological polar surface area (TPSA) is 38.7 Å². The summed E-state index contributed by atoms with van der Waals surface area (Å²) < 4.78 is 10.9. The zero-order valence-corrected chi connectivity index (χ0v) is 8.26. The lowest BCUT2D eigenvalue weighted by molar-refractivity contribution is -0.167. The van der Waals surface area contributed by atoms with Crippen molar-refractivity contribution in [3.8, 4) is 0 Å². The molecule has 0 aromatic heterocycles. The zero-order valence-electron chi connectivity index (χ0n) is 8.26. The van der Waals surface area contributed by atoms with Crippen LogP contribution >= 0.6 is 0 Å². The molecular weight excluding hydrogens is 156 g/mol. The van der Waals surface area contributed by atoms with E-state index in [0.717, 1.165) is 0 Å². The molecule has 0 aromatic carbocycles. The summed E-state index contributed by atoms with van der Waals surface area (Å²) in [5.41, 5.74) is -0.770. The monoisotopic (exact) mass is 174 g/mol. The predicted octanol–water partition coefficient (Wildman–Crippen LogP) is 1.30. The quantitative estimate of drug-likeness (QED) is 0.685. The fraction of sp³-hybridized carbons (Fsp3) is 1.00. The summed E-state index contributed by atoms with van der Waals surface area (Å²) in [5, 5.41) is 9.85. The third-order valence-electron chi connectivity index (χ3n) is 2.42. The van der Waals surface area contributed by atoms with Crippen molar-refractivity contribution >= 4 is 0 Å². The fourth-order valence-corrected chi connectivity index (χ4v) is 1.22. The smallest absolute Gasteiger partial charge is 0.163 e. The lowest BCUT2D eigenvalue weighted by Gasteiger charge is -2.28. The van der Waals surface area contributed by atoms with E-state index < -0.39 is 11.4 Å². The van der Waals surface area contributed by atoms with Crippen molar-refractivity contribution in [1.82, 2.24) is 0 Å². The van der Waals surface area contributed by atoms with Crippen LogP contribution in [-0.2, 0) is 9.47 Å². The first-order chi connectivity index (χ1) is 5.37. The van der Waals surface area contributed by atoms with Crippen molar-refractivity contribution in [2.24, 2.45) is 0 Å². The minimum absolute atomic E-state index is 0.197. The molecule has 0 aromatic rings. The summed E-state index contributed by atoms with van der Waals surface area (Å²) in [7, 11) is 0. The van der Waals surface area contributed by atoms with Crippen molar-refractivity contribution < 1.29 is 14.6 Å². The molecule has 2 atom stereocenters. The molecule has 0 radical (unpaired) electrons. The second kappa shape index (κ2) is 2.98. The van der Waals surface area contributed by atoms with Gasteiger partial charge in [0, 0.05) is 0 Å². The molecule has 1 rings (SSSR count). The summed E-state index contributed by atoms with van der Waals surface area (Å²) in [4.78, 5) is 0. The van der Waals surface area contributed by atoms with E-state index in [0.29, 0.717) is 13.0 Å². The van der Waals surface area contributed by atoms with Gasteiger partial charge in [-0.3, -0.25) is 0 Å². The Labute approximate surface area is 73.7 Å². The normalized spacial score (nSPS) is 33.2. The highest BCUT2D eigenvalue weighted by molar-refractivity contribution is 4.86. The van der Waals surface area contributed by atoms with Gasteiger partial charge in [-0.05, 0) is 27.2 Å². The summed E-state index contributed by atoms with van der Waals surface area (Å²) in [6.45, 7) is 7.92. The molecule has 1 saturated heterocycles. The SMILES string of the molecule is CC[C@@](C)(O)[C@H]1COC(C)(C)O1. The van der Waals surface area contributed by atoms with Crippen LogP contribution in [0.4, 0.5) is 0 Å². The van der Waals surface area contributed by atoms with Gasteiger partial charge in [0.2, 0.25) is 0 Å². The van der Waals surface area contributed by atoms with Crippen LogP contribution in [0.25, 0.3) is 0 Å². The molecular formula is C9H18O3. The highest BCUT2D eigenvalue weighted by atomic mass is 16.7. The van der Waals surface area contributed by atoms with E-state index in [1.165, 1.54) is 0 Å². The lowest BCUT2D eigenvalue weighted by Crippen LogP contribution is -2.41. The average molecular weight is 174 g/mol.